The molecule has 0 radical (unpaired) electrons. The number of hydrogen-bond acceptors (Lipinski definition) is 1. The van der Waals surface area contributed by atoms with Crippen LogP contribution in [0.5, 0.6) is 0 Å². The Morgan fingerprint density at radius 1 is 1.38 bits per heavy atom. The zero-order chi connectivity index (χ0) is 6.78. The van der Waals surface area contributed by atoms with E-state index < -0.39 is 16.0 Å². The Morgan fingerprint density at radius 2 is 1.75 bits per heavy atom. The van der Waals surface area contributed by atoms with Crippen LogP contribution in [0.1, 0.15) is 0 Å². The van der Waals surface area contributed by atoms with E-state index in [1.54, 1.807) is 0 Å². The normalized spacial score (nSPS) is 16.1. The van der Waals surface area contributed by atoms with Gasteiger partial charge >= 0.3 is 0 Å². The van der Waals surface area contributed by atoms with E-state index in [9.17, 15) is 0 Å². The summed E-state index contributed by atoms with van der Waals surface area (Å²) in [5, 5.41) is 0. The lowest BCUT2D eigenvalue weighted by Crippen LogP contribution is -2.29. The van der Waals surface area contributed by atoms with Crippen molar-refractivity contribution in [3.63, 3.8) is 0 Å². The molecule has 0 heterocycles. The van der Waals surface area contributed by atoms with Crippen LogP contribution in [0.4, 0.5) is 0 Å². The summed E-state index contributed by atoms with van der Waals surface area (Å²) in [5.41, 5.74) is 0. The van der Waals surface area contributed by atoms with Crippen LogP contribution in [0.3, 0.4) is 0 Å². The van der Waals surface area contributed by atoms with Crippen molar-refractivity contribution in [3.8, 4) is 0 Å². The van der Waals surface area contributed by atoms with Crippen molar-refractivity contribution >= 4 is 31.3 Å². The average molecular weight is 213 g/mol. The molecule has 8 heavy (non-hydrogen) atoms. The third kappa shape index (κ3) is 6.87. The first kappa shape index (κ1) is 8.87. The summed E-state index contributed by atoms with van der Waals surface area (Å²) in [5.74, 6) is 0. The van der Waals surface area contributed by atoms with E-state index in [1.165, 1.54) is 0 Å². The quantitative estimate of drug-likeness (QED) is 0.504. The first-order chi connectivity index (χ1) is 3.42. The minimum absolute atomic E-state index is 0.921. The first-order valence-electron chi connectivity index (χ1n) is 2.74. The highest BCUT2D eigenvalue weighted by atomic mass is 79.9. The third-order valence-corrected chi connectivity index (χ3v) is 6.33. The summed E-state index contributed by atoms with van der Waals surface area (Å²) >= 11 is 3.46. The van der Waals surface area contributed by atoms with Crippen molar-refractivity contribution in [3.05, 3.63) is 0 Å². The van der Waals surface area contributed by atoms with Crippen LogP contribution >= 0.6 is 15.3 Å². The van der Waals surface area contributed by atoms with E-state index in [4.69, 9.17) is 4.12 Å². The van der Waals surface area contributed by atoms with E-state index in [2.05, 4.69) is 41.5 Å². The fourth-order valence-corrected chi connectivity index (χ4v) is 9.43. The van der Waals surface area contributed by atoms with E-state index in [0.717, 1.165) is 0 Å². The Labute approximate surface area is 61.9 Å². The van der Waals surface area contributed by atoms with Gasteiger partial charge in [0.25, 0.3) is 0 Å². The molecule has 0 aliphatic carbocycles. The summed E-state index contributed by atoms with van der Waals surface area (Å²) in [4.78, 5) is 0. The lowest BCUT2D eigenvalue weighted by Gasteiger charge is -2.18. The SMILES string of the molecule is C[SiH](Br)O[Si](C)(C)C. The molecule has 0 saturated heterocycles. The second-order valence-electron chi connectivity index (χ2n) is 2.77. The van der Waals surface area contributed by atoms with E-state index in [0.29, 0.717) is 0 Å². The third-order valence-electron chi connectivity index (χ3n) is 0.516. The summed E-state index contributed by atoms with van der Waals surface area (Å²) in [6.45, 7) is 8.76. The van der Waals surface area contributed by atoms with E-state index in [1.807, 2.05) is 0 Å². The van der Waals surface area contributed by atoms with Gasteiger partial charge in [0.1, 0.15) is 0 Å². The molecule has 0 N–H and O–H groups in total. The molecule has 1 nitrogen and oxygen atoms in total. The van der Waals surface area contributed by atoms with Crippen molar-refractivity contribution in [1.29, 1.82) is 0 Å². The Hall–Kier alpha value is 0.874. The lowest BCUT2D eigenvalue weighted by molar-refractivity contribution is 0.598. The molecule has 0 aliphatic heterocycles. The second-order valence-corrected chi connectivity index (χ2v) is 12.9. The van der Waals surface area contributed by atoms with Crippen LogP contribution in [0, 0.1) is 0 Å². The maximum atomic E-state index is 5.63. The minimum Gasteiger partial charge on any atom is -0.450 e. The molecule has 0 saturated carbocycles. The largest absolute Gasteiger partial charge is 0.450 e. The number of hydrogen-bond donors (Lipinski definition) is 0. The first-order valence-corrected chi connectivity index (χ1v) is 11.0. The van der Waals surface area contributed by atoms with Gasteiger partial charge in [-0.2, -0.15) is 0 Å². The molecule has 4 heteroatoms. The highest BCUT2D eigenvalue weighted by Gasteiger charge is 2.16. The summed E-state index contributed by atoms with van der Waals surface area (Å²) in [6, 6.07) is 0. The molecular formula is C4H13BrOSi2. The molecular weight excluding hydrogens is 200 g/mol. The van der Waals surface area contributed by atoms with Crippen LogP contribution < -0.4 is 0 Å². The fourth-order valence-electron chi connectivity index (χ4n) is 0.487. The molecule has 1 atom stereocenters. The Bertz CT molecular complexity index is 68.9. The zero-order valence-electron chi connectivity index (χ0n) is 5.86. The van der Waals surface area contributed by atoms with Gasteiger partial charge in [0.05, 0.1) is 0 Å². The molecule has 0 amide bonds. The van der Waals surface area contributed by atoms with Crippen molar-refractivity contribution in [1.82, 2.24) is 0 Å². The predicted molar refractivity (Wildman–Crippen MR) is 46.4 cm³/mol. The van der Waals surface area contributed by atoms with E-state index in [-0.39, 0.29) is 0 Å². The predicted octanol–water partition coefficient (Wildman–Crippen LogP) is 2.08. The monoisotopic (exact) mass is 212 g/mol. The zero-order valence-corrected chi connectivity index (χ0v) is 9.60. The Kier molecular flexibility index (Phi) is 3.49. The summed E-state index contributed by atoms with van der Waals surface area (Å²) in [6.07, 6.45) is 0. The molecule has 0 aromatic rings. The Balaban J connectivity index is 3.39. The number of rotatable bonds is 2. The van der Waals surface area contributed by atoms with E-state index >= 15 is 0 Å². The Morgan fingerprint density at radius 3 is 1.75 bits per heavy atom. The molecule has 50 valence electrons. The summed E-state index contributed by atoms with van der Waals surface area (Å²) < 4.78 is 5.63. The van der Waals surface area contributed by atoms with Gasteiger partial charge in [-0.25, -0.2) is 0 Å². The highest BCUT2D eigenvalue weighted by molar-refractivity contribution is 9.24. The standard InChI is InChI=1S/C4H13BrOSi2/c1-7(5)6-8(2,3)4/h7H,1-4H3. The molecule has 0 aliphatic rings. The minimum atomic E-state index is -1.21. The maximum Gasteiger partial charge on any atom is 0.234 e. The van der Waals surface area contributed by atoms with Gasteiger partial charge in [0, 0.05) is 0 Å². The van der Waals surface area contributed by atoms with Crippen LogP contribution in [0.2, 0.25) is 26.2 Å². The second kappa shape index (κ2) is 3.15. The van der Waals surface area contributed by atoms with Gasteiger partial charge in [-0.1, -0.05) is 15.3 Å². The van der Waals surface area contributed by atoms with Crippen molar-refractivity contribution < 1.29 is 4.12 Å². The van der Waals surface area contributed by atoms with Gasteiger partial charge in [-0.05, 0) is 26.2 Å². The molecule has 0 rings (SSSR count). The lowest BCUT2D eigenvalue weighted by atomic mass is 11.8. The molecule has 0 aromatic carbocycles. The summed E-state index contributed by atoms with van der Waals surface area (Å²) in [7, 11) is -2.13. The fraction of sp³-hybridized carbons (Fsp3) is 1.00. The van der Waals surface area contributed by atoms with Gasteiger partial charge in [-0.15, -0.1) is 0 Å². The van der Waals surface area contributed by atoms with Gasteiger partial charge in [0.2, 0.25) is 7.66 Å². The van der Waals surface area contributed by atoms with Crippen molar-refractivity contribution in [2.24, 2.45) is 0 Å². The molecule has 1 unspecified atom stereocenters. The smallest absolute Gasteiger partial charge is 0.234 e. The number of halogens is 1. The topological polar surface area (TPSA) is 9.23 Å². The van der Waals surface area contributed by atoms with Crippen molar-refractivity contribution in [2.75, 3.05) is 0 Å². The van der Waals surface area contributed by atoms with Gasteiger partial charge in [0.15, 0.2) is 8.32 Å². The highest BCUT2D eigenvalue weighted by Crippen LogP contribution is 2.07. The molecule has 0 bridgehead atoms. The maximum absolute atomic E-state index is 5.63. The van der Waals surface area contributed by atoms with Gasteiger partial charge in [-0.3, -0.25) is 0 Å². The van der Waals surface area contributed by atoms with Crippen LogP contribution in [-0.2, 0) is 4.12 Å². The van der Waals surface area contributed by atoms with Crippen molar-refractivity contribution in [2.45, 2.75) is 26.2 Å². The average Bonchev–Trinajstić information content (AvgIpc) is 1.21. The molecule has 0 aromatic heterocycles. The van der Waals surface area contributed by atoms with Crippen LogP contribution in [0.25, 0.3) is 0 Å². The van der Waals surface area contributed by atoms with Crippen LogP contribution in [-0.4, -0.2) is 16.0 Å². The molecule has 0 fully saturated rings. The van der Waals surface area contributed by atoms with Gasteiger partial charge < -0.3 is 4.12 Å². The molecule has 0 spiro atoms. The van der Waals surface area contributed by atoms with Crippen LogP contribution in [0.15, 0.2) is 0 Å².